The fourth-order valence-electron chi connectivity index (χ4n) is 1.61. The van der Waals surface area contributed by atoms with Gasteiger partial charge in [0.15, 0.2) is 0 Å². The van der Waals surface area contributed by atoms with Crippen LogP contribution in [0.2, 0.25) is 0 Å². The Morgan fingerprint density at radius 1 is 1.37 bits per heavy atom. The summed E-state index contributed by atoms with van der Waals surface area (Å²) in [5, 5.41) is 16.0. The van der Waals surface area contributed by atoms with E-state index in [1.54, 1.807) is 11.8 Å². The minimum atomic E-state index is 0.172. The highest BCUT2D eigenvalue weighted by Gasteiger charge is 2.01. The predicted molar refractivity (Wildman–Crippen MR) is 69.7 cm³/mol. The second-order valence-electron chi connectivity index (χ2n) is 3.96. The molecule has 98 valence electrons. The smallest absolute Gasteiger partial charge is 0.252 e. The van der Waals surface area contributed by atoms with E-state index in [4.69, 9.17) is 10.00 Å². The Bertz CT molecular complexity index is 555. The minimum Gasteiger partial charge on any atom is -0.383 e. The quantitative estimate of drug-likeness (QED) is 0.777. The van der Waals surface area contributed by atoms with Gasteiger partial charge in [-0.1, -0.05) is 12.1 Å². The molecule has 0 aliphatic carbocycles. The van der Waals surface area contributed by atoms with E-state index < -0.39 is 0 Å². The molecule has 6 nitrogen and oxygen atoms in total. The molecule has 0 atom stereocenters. The average Bonchev–Trinajstić information content (AvgIpc) is 2.93. The van der Waals surface area contributed by atoms with Crippen molar-refractivity contribution in [3.8, 4) is 11.8 Å². The van der Waals surface area contributed by atoms with Crippen molar-refractivity contribution in [3.05, 3.63) is 42.0 Å². The van der Waals surface area contributed by atoms with Gasteiger partial charge < -0.3 is 10.1 Å². The fourth-order valence-corrected chi connectivity index (χ4v) is 1.61. The van der Waals surface area contributed by atoms with Gasteiger partial charge in [0.25, 0.3) is 5.82 Å². The summed E-state index contributed by atoms with van der Waals surface area (Å²) >= 11 is 0. The zero-order chi connectivity index (χ0) is 13.5. The van der Waals surface area contributed by atoms with E-state index in [1.165, 1.54) is 11.9 Å². The summed E-state index contributed by atoms with van der Waals surface area (Å²) in [6.07, 6.45) is 1.53. The second-order valence-corrected chi connectivity index (χ2v) is 3.96. The molecule has 19 heavy (non-hydrogen) atoms. The zero-order valence-electron chi connectivity index (χ0n) is 10.7. The molecule has 1 heterocycles. The van der Waals surface area contributed by atoms with Crippen LogP contribution in [0.1, 0.15) is 11.4 Å². The number of nitrogens with zero attached hydrogens (tertiary/aromatic N) is 4. The van der Waals surface area contributed by atoms with Crippen LogP contribution >= 0.6 is 0 Å². The lowest BCUT2D eigenvalue weighted by molar-refractivity contribution is 0.199. The third-order valence-electron chi connectivity index (χ3n) is 2.60. The van der Waals surface area contributed by atoms with Crippen LogP contribution < -0.4 is 5.32 Å². The van der Waals surface area contributed by atoms with E-state index in [9.17, 15) is 0 Å². The summed E-state index contributed by atoms with van der Waals surface area (Å²) < 4.78 is 6.55. The van der Waals surface area contributed by atoms with Crippen molar-refractivity contribution >= 4 is 0 Å². The molecule has 0 bridgehead atoms. The number of nitrogens with one attached hydrogen (secondary N) is 1. The molecular weight excluding hydrogens is 242 g/mol. The van der Waals surface area contributed by atoms with E-state index >= 15 is 0 Å². The predicted octanol–water partition coefficient (Wildman–Crippen LogP) is 0.875. The maximum Gasteiger partial charge on any atom is 0.252 e. The van der Waals surface area contributed by atoms with Crippen LogP contribution in [0.5, 0.6) is 0 Å². The zero-order valence-corrected chi connectivity index (χ0v) is 10.7. The van der Waals surface area contributed by atoms with Gasteiger partial charge >= 0.3 is 0 Å². The maximum atomic E-state index is 8.68. The highest BCUT2D eigenvalue weighted by Crippen LogP contribution is 2.08. The minimum absolute atomic E-state index is 0.172. The average molecular weight is 257 g/mol. The molecule has 6 heteroatoms. The molecule has 1 N–H and O–H groups in total. The van der Waals surface area contributed by atoms with Gasteiger partial charge in [-0.2, -0.15) is 5.26 Å². The number of nitriles is 1. The Kier molecular flexibility index (Phi) is 4.61. The number of hydrogen-bond acceptors (Lipinski definition) is 5. The van der Waals surface area contributed by atoms with Crippen LogP contribution in [0, 0.1) is 11.3 Å². The lowest BCUT2D eigenvalue weighted by atomic mass is 10.2. The van der Waals surface area contributed by atoms with Crippen molar-refractivity contribution in [2.45, 2.75) is 6.54 Å². The van der Waals surface area contributed by atoms with Crippen molar-refractivity contribution in [1.82, 2.24) is 20.1 Å². The van der Waals surface area contributed by atoms with Gasteiger partial charge in [-0.05, 0) is 17.7 Å². The largest absolute Gasteiger partial charge is 0.383 e. The molecule has 0 radical (unpaired) electrons. The molecule has 0 fully saturated rings. The van der Waals surface area contributed by atoms with Crippen LogP contribution in [-0.2, 0) is 11.3 Å². The first-order valence-electron chi connectivity index (χ1n) is 5.94. The number of rotatable bonds is 6. The van der Waals surface area contributed by atoms with E-state index in [0.717, 1.165) is 18.8 Å². The molecule has 1 aromatic heterocycles. The van der Waals surface area contributed by atoms with Crippen LogP contribution in [0.15, 0.2) is 30.6 Å². The lowest BCUT2D eigenvalue weighted by Gasteiger charge is -2.05. The summed E-state index contributed by atoms with van der Waals surface area (Å²) in [7, 11) is 1.68. The molecular formula is C13H15N5O. The third kappa shape index (κ3) is 3.61. The first kappa shape index (κ1) is 13.2. The Balaban J connectivity index is 1.96. The molecule has 0 amide bonds. The summed E-state index contributed by atoms with van der Waals surface area (Å²) in [5.74, 6) is 0.172. The Hall–Kier alpha value is -2.23. The van der Waals surface area contributed by atoms with Crippen molar-refractivity contribution in [1.29, 1.82) is 5.26 Å². The number of methoxy groups -OCH3 is 1. The van der Waals surface area contributed by atoms with Crippen molar-refractivity contribution < 1.29 is 4.74 Å². The summed E-state index contributed by atoms with van der Waals surface area (Å²) in [5.41, 5.74) is 2.06. The molecule has 2 aromatic rings. The van der Waals surface area contributed by atoms with Gasteiger partial charge in [-0.25, -0.2) is 9.67 Å². The Labute approximate surface area is 111 Å². The van der Waals surface area contributed by atoms with Gasteiger partial charge in [-0.3, -0.25) is 0 Å². The highest BCUT2D eigenvalue weighted by atomic mass is 16.5. The Morgan fingerprint density at radius 2 is 2.16 bits per heavy atom. The SMILES string of the molecule is COCCNCc1ccc(-n2cnc(C#N)n2)cc1. The summed E-state index contributed by atoms with van der Waals surface area (Å²) in [4.78, 5) is 3.87. The fraction of sp³-hybridized carbons (Fsp3) is 0.308. The lowest BCUT2D eigenvalue weighted by Crippen LogP contribution is -2.18. The number of aromatic nitrogens is 3. The highest BCUT2D eigenvalue weighted by molar-refractivity contribution is 5.33. The van der Waals surface area contributed by atoms with Gasteiger partial charge in [0.05, 0.1) is 12.3 Å². The number of benzene rings is 1. The van der Waals surface area contributed by atoms with E-state index in [-0.39, 0.29) is 5.82 Å². The number of ether oxygens (including phenoxy) is 1. The normalized spacial score (nSPS) is 10.3. The van der Waals surface area contributed by atoms with Crippen molar-refractivity contribution in [2.24, 2.45) is 0 Å². The first-order valence-corrected chi connectivity index (χ1v) is 5.94. The standard InChI is InChI=1S/C13H15N5O/c1-19-7-6-15-9-11-2-4-12(5-3-11)18-10-16-13(8-14)17-18/h2-5,10,15H,6-7,9H2,1H3. The molecule has 0 aliphatic rings. The summed E-state index contributed by atoms with van der Waals surface area (Å²) in [6.45, 7) is 2.32. The van der Waals surface area contributed by atoms with Gasteiger partial charge in [0, 0.05) is 20.2 Å². The summed E-state index contributed by atoms with van der Waals surface area (Å²) in [6, 6.07) is 9.83. The van der Waals surface area contributed by atoms with E-state index in [0.29, 0.717) is 6.61 Å². The van der Waals surface area contributed by atoms with Gasteiger partial charge in [0.1, 0.15) is 12.4 Å². The molecule has 0 spiro atoms. The van der Waals surface area contributed by atoms with Crippen LogP contribution in [0.25, 0.3) is 5.69 Å². The molecule has 0 unspecified atom stereocenters. The van der Waals surface area contributed by atoms with Crippen LogP contribution in [0.3, 0.4) is 0 Å². The van der Waals surface area contributed by atoms with Gasteiger partial charge in [0.2, 0.25) is 0 Å². The van der Waals surface area contributed by atoms with Crippen molar-refractivity contribution in [2.75, 3.05) is 20.3 Å². The first-order chi connectivity index (χ1) is 9.33. The molecule has 2 rings (SSSR count). The molecule has 0 saturated carbocycles. The molecule has 1 aromatic carbocycles. The monoisotopic (exact) mass is 257 g/mol. The molecule has 0 saturated heterocycles. The Morgan fingerprint density at radius 3 is 2.79 bits per heavy atom. The second kappa shape index (κ2) is 6.64. The van der Waals surface area contributed by atoms with Crippen molar-refractivity contribution in [3.63, 3.8) is 0 Å². The molecule has 0 aliphatic heterocycles. The topological polar surface area (TPSA) is 75.8 Å². The van der Waals surface area contributed by atoms with E-state index in [2.05, 4.69) is 15.4 Å². The van der Waals surface area contributed by atoms with Gasteiger partial charge in [-0.15, -0.1) is 5.10 Å². The number of hydrogen-bond donors (Lipinski definition) is 1. The van der Waals surface area contributed by atoms with Crippen LogP contribution in [-0.4, -0.2) is 35.0 Å². The maximum absolute atomic E-state index is 8.68. The van der Waals surface area contributed by atoms with Crippen LogP contribution in [0.4, 0.5) is 0 Å². The van der Waals surface area contributed by atoms with E-state index in [1.807, 2.05) is 30.3 Å². The third-order valence-corrected chi connectivity index (χ3v) is 2.60.